The maximum absolute atomic E-state index is 15.8. The number of halogens is 1. The van der Waals surface area contributed by atoms with E-state index in [4.69, 9.17) is 40.8 Å². The number of nitrogens with two attached hydrogens (primary N) is 1. The first-order valence-electron chi connectivity index (χ1n) is 14.6. The Morgan fingerprint density at radius 1 is 1.30 bits per heavy atom. The molecule has 0 radical (unpaired) electrons. The van der Waals surface area contributed by atoms with E-state index in [-0.39, 0.29) is 29.1 Å². The second kappa shape index (κ2) is 13.6. The number of carbonyl (C=O) groups is 1. The molecule has 6 atom stereocenters. The van der Waals surface area contributed by atoms with Crippen molar-refractivity contribution in [2.45, 2.75) is 89.1 Å². The number of carbonyl (C=O) groups excluding carboxylic acids is 1. The van der Waals surface area contributed by atoms with Gasteiger partial charge >= 0.3 is 12.6 Å². The summed E-state index contributed by atoms with van der Waals surface area (Å²) in [5.74, 6) is -0.00555. The van der Waals surface area contributed by atoms with Crippen LogP contribution < -0.4 is 20.1 Å². The first kappa shape index (κ1) is 32.5. The highest BCUT2D eigenvalue weighted by atomic mass is 32.5. The number of imidazole rings is 1. The largest absolute Gasteiger partial charge is 0.476 e. The Kier molecular flexibility index (Phi) is 10.0. The van der Waals surface area contributed by atoms with Crippen molar-refractivity contribution in [1.29, 1.82) is 0 Å². The summed E-state index contributed by atoms with van der Waals surface area (Å²) in [6.07, 6.45) is 1.55. The van der Waals surface area contributed by atoms with E-state index in [9.17, 15) is 9.90 Å². The van der Waals surface area contributed by atoms with Gasteiger partial charge in [-0.25, -0.2) is 14.5 Å². The van der Waals surface area contributed by atoms with Gasteiger partial charge in [0.2, 0.25) is 11.8 Å². The van der Waals surface area contributed by atoms with Crippen LogP contribution in [-0.4, -0.2) is 73.8 Å². The molecule has 3 heterocycles. The lowest BCUT2D eigenvalue weighted by atomic mass is 9.98. The molecular weight excluding hydrogens is 614 g/mol. The number of nitrogen functional groups attached to an aromatic ring is 1. The summed E-state index contributed by atoms with van der Waals surface area (Å²) in [6.45, 7) is 1.13. The summed E-state index contributed by atoms with van der Waals surface area (Å²) >= 11 is 5.79. The number of alkyl halides is 1. The molecule has 16 heteroatoms. The third-order valence-corrected chi connectivity index (χ3v) is 10.0. The summed E-state index contributed by atoms with van der Waals surface area (Å²) in [4.78, 5) is 25.5. The minimum absolute atomic E-state index is 0.0852. The molecule has 1 aliphatic carbocycles. The maximum Gasteiger partial charge on any atom is 0.323 e. The lowest BCUT2D eigenvalue weighted by Gasteiger charge is -2.29. The van der Waals surface area contributed by atoms with Crippen molar-refractivity contribution < 1.29 is 37.5 Å². The smallest absolute Gasteiger partial charge is 0.323 e. The average Bonchev–Trinajstić information content (AvgIpc) is 3.50. The number of para-hydroxylation sites is 1. The molecule has 4 N–H and O–H groups in total. The quantitative estimate of drug-likeness (QED) is 0.190. The number of hydrogen-bond acceptors (Lipinski definition) is 12. The van der Waals surface area contributed by atoms with E-state index in [1.807, 2.05) is 6.07 Å². The molecule has 44 heavy (non-hydrogen) atoms. The van der Waals surface area contributed by atoms with E-state index in [0.29, 0.717) is 12.4 Å². The minimum atomic E-state index is -3.48. The van der Waals surface area contributed by atoms with Gasteiger partial charge in [0.1, 0.15) is 29.6 Å². The first-order chi connectivity index (χ1) is 21.0. The minimum Gasteiger partial charge on any atom is -0.476 e. The fraction of sp³-hybridized carbons (Fsp3) is 0.571. The van der Waals surface area contributed by atoms with Gasteiger partial charge in [-0.3, -0.25) is 9.36 Å². The summed E-state index contributed by atoms with van der Waals surface area (Å²) < 4.78 is 46.5. The maximum atomic E-state index is 15.8. The highest BCUT2D eigenvalue weighted by Crippen LogP contribution is 2.48. The van der Waals surface area contributed by atoms with Gasteiger partial charge < -0.3 is 34.1 Å². The fourth-order valence-electron chi connectivity index (χ4n) is 5.29. The van der Waals surface area contributed by atoms with E-state index in [2.05, 4.69) is 20.0 Å². The van der Waals surface area contributed by atoms with E-state index in [1.54, 1.807) is 38.1 Å². The predicted octanol–water partition coefficient (Wildman–Crippen LogP) is 3.97. The predicted molar refractivity (Wildman–Crippen MR) is 163 cm³/mol. The van der Waals surface area contributed by atoms with Crippen LogP contribution in [0.3, 0.4) is 0 Å². The van der Waals surface area contributed by atoms with Crippen LogP contribution in [0.25, 0.3) is 11.2 Å². The topological polar surface area (TPSA) is 165 Å². The van der Waals surface area contributed by atoms with Crippen LogP contribution in [0.2, 0.25) is 0 Å². The standard InChI is InChI=1S/C28H38FN6O7PS/c1-4-38-24-21-23(32-27(30)33-24)35(16-31-21)26-28(3,37)22(29)20(41-26)15-39-43(44,42-19-13-9-6-10-14-19)34-17(2)25(36)40-18-11-7-5-8-12-18/h6,9-10,13-14,16-18,20,22,26,37H,4-5,7-8,11-12,15H2,1-3H3,(H,34,44)(H2,30,32,33)/t17-,20+,22+,26+,28+,43?/m0/s1. The molecule has 1 aliphatic heterocycles. The molecule has 0 amide bonds. The van der Waals surface area contributed by atoms with Gasteiger partial charge in [0, 0.05) is 0 Å². The van der Waals surface area contributed by atoms with Gasteiger partial charge in [0.25, 0.3) is 0 Å². The molecule has 1 saturated heterocycles. The summed E-state index contributed by atoms with van der Waals surface area (Å²) in [5, 5.41) is 14.3. The Labute approximate surface area is 259 Å². The third kappa shape index (κ3) is 7.13. The van der Waals surface area contributed by atoms with E-state index in [0.717, 1.165) is 32.1 Å². The first-order valence-corrected chi connectivity index (χ1v) is 17.3. The van der Waals surface area contributed by atoms with Crippen LogP contribution in [0.15, 0.2) is 36.7 Å². The molecule has 2 aliphatic rings. The fourth-order valence-corrected chi connectivity index (χ4v) is 7.71. The number of fused-ring (bicyclic) bond motifs is 1. The molecular formula is C28H38FN6O7PS. The van der Waals surface area contributed by atoms with Crippen molar-refractivity contribution in [3.8, 4) is 11.6 Å². The molecule has 13 nitrogen and oxygen atoms in total. The van der Waals surface area contributed by atoms with E-state index < -0.39 is 49.4 Å². The zero-order valence-electron chi connectivity index (χ0n) is 24.8. The molecule has 240 valence electrons. The third-order valence-electron chi connectivity index (χ3n) is 7.55. The Morgan fingerprint density at radius 3 is 2.73 bits per heavy atom. The van der Waals surface area contributed by atoms with Gasteiger partial charge in [-0.05, 0) is 70.4 Å². The molecule has 0 bridgehead atoms. The average molecular weight is 653 g/mol. The SMILES string of the molecule is CCOc1nc(N)nc2c1ncn2[C@@H]1O[C@H](COP(=S)(N[C@@H](C)C(=O)OC2CCCCC2)Oc2ccccc2)[C@@H](F)[C@@]1(C)O. The molecule has 3 aromatic rings. The number of nitrogens with zero attached hydrogens (tertiary/aromatic N) is 4. The molecule has 2 aromatic heterocycles. The Bertz CT molecular complexity index is 1490. The molecule has 5 rings (SSSR count). The zero-order chi connectivity index (χ0) is 31.5. The van der Waals surface area contributed by atoms with Crippen molar-refractivity contribution >= 4 is 41.5 Å². The van der Waals surface area contributed by atoms with Gasteiger partial charge in [-0.15, -0.1) is 0 Å². The Balaban J connectivity index is 1.33. The van der Waals surface area contributed by atoms with Gasteiger partial charge in [0.15, 0.2) is 23.6 Å². The van der Waals surface area contributed by atoms with Crippen LogP contribution >= 0.6 is 6.64 Å². The van der Waals surface area contributed by atoms with Crippen LogP contribution in [0.5, 0.6) is 11.6 Å². The monoisotopic (exact) mass is 652 g/mol. The highest BCUT2D eigenvalue weighted by Gasteiger charge is 2.55. The number of ether oxygens (including phenoxy) is 3. The Morgan fingerprint density at radius 2 is 2.02 bits per heavy atom. The van der Waals surface area contributed by atoms with Crippen molar-refractivity contribution in [1.82, 2.24) is 24.6 Å². The normalized spacial score (nSPS) is 26.2. The van der Waals surface area contributed by atoms with Gasteiger partial charge in [0.05, 0.1) is 19.5 Å². The lowest BCUT2D eigenvalue weighted by molar-refractivity contribution is -0.152. The number of esters is 1. The van der Waals surface area contributed by atoms with Crippen LogP contribution in [0.1, 0.15) is 59.1 Å². The lowest BCUT2D eigenvalue weighted by Crippen LogP contribution is -2.42. The summed E-state index contributed by atoms with van der Waals surface area (Å²) in [7, 11) is 0. The van der Waals surface area contributed by atoms with Crippen molar-refractivity contribution in [3.63, 3.8) is 0 Å². The summed E-state index contributed by atoms with van der Waals surface area (Å²) in [6, 6.07) is 7.85. The number of rotatable bonds is 12. The molecule has 2 fully saturated rings. The second-order valence-corrected chi connectivity index (χ2v) is 14.2. The molecule has 1 unspecified atom stereocenters. The van der Waals surface area contributed by atoms with Gasteiger partial charge in [-0.2, -0.15) is 9.97 Å². The number of benzene rings is 1. The summed E-state index contributed by atoms with van der Waals surface area (Å²) in [5.41, 5.74) is 4.32. The zero-order valence-corrected chi connectivity index (χ0v) is 26.5. The van der Waals surface area contributed by atoms with E-state index in [1.165, 1.54) is 17.8 Å². The molecule has 1 saturated carbocycles. The number of aromatic nitrogens is 4. The highest BCUT2D eigenvalue weighted by molar-refractivity contribution is 8.09. The Hall–Kier alpha value is -2.94. The van der Waals surface area contributed by atoms with Crippen molar-refractivity contribution in [3.05, 3.63) is 36.7 Å². The van der Waals surface area contributed by atoms with Crippen molar-refractivity contribution in [2.24, 2.45) is 0 Å². The van der Waals surface area contributed by atoms with Crippen LogP contribution in [-0.2, 0) is 30.6 Å². The molecule has 0 spiro atoms. The molecule has 1 aromatic carbocycles. The number of aliphatic hydroxyl groups is 1. The van der Waals surface area contributed by atoms with Crippen LogP contribution in [0.4, 0.5) is 10.3 Å². The van der Waals surface area contributed by atoms with Crippen molar-refractivity contribution in [2.75, 3.05) is 18.9 Å². The van der Waals surface area contributed by atoms with Gasteiger partial charge in [-0.1, -0.05) is 24.6 Å². The second-order valence-electron chi connectivity index (χ2n) is 11.0. The number of anilines is 1. The van der Waals surface area contributed by atoms with E-state index >= 15 is 4.39 Å². The number of nitrogens with one attached hydrogen (secondary N) is 1. The van der Waals surface area contributed by atoms with Crippen LogP contribution in [0, 0.1) is 0 Å². The number of hydrogen-bond donors (Lipinski definition) is 3.